The Balaban J connectivity index is 2.79. The Kier molecular flexibility index (Phi) is 8.14. The Morgan fingerprint density at radius 3 is 2.80 bits per heavy atom. The van der Waals surface area contributed by atoms with Crippen molar-refractivity contribution in [1.82, 2.24) is 20.0 Å². The lowest BCUT2D eigenvalue weighted by Crippen LogP contribution is -2.27. The fourth-order valence-corrected chi connectivity index (χ4v) is 2.39. The molecule has 0 spiro atoms. The van der Waals surface area contributed by atoms with Crippen LogP contribution in [-0.2, 0) is 11.3 Å². The van der Waals surface area contributed by atoms with Crippen molar-refractivity contribution >= 4 is 11.6 Å². The quantitative estimate of drug-likeness (QED) is 0.673. The van der Waals surface area contributed by atoms with Gasteiger partial charge in [-0.05, 0) is 34.0 Å². The van der Waals surface area contributed by atoms with E-state index in [2.05, 4.69) is 36.3 Å². The molecule has 0 aliphatic rings. The number of aromatic nitrogens is 2. The molecule has 5 nitrogen and oxygen atoms in total. The third kappa shape index (κ3) is 5.40. The zero-order valence-corrected chi connectivity index (χ0v) is 13.8. The summed E-state index contributed by atoms with van der Waals surface area (Å²) in [6.45, 7) is 8.25. The zero-order valence-electron chi connectivity index (χ0n) is 13.0. The molecule has 1 atom stereocenters. The molecule has 116 valence electrons. The average molecular weight is 303 g/mol. The average Bonchev–Trinajstić information content (AvgIpc) is 2.77. The molecule has 0 fully saturated rings. The molecule has 1 aromatic rings. The van der Waals surface area contributed by atoms with E-state index in [0.29, 0.717) is 0 Å². The number of ether oxygens (including phenoxy) is 1. The smallest absolute Gasteiger partial charge is 0.0834 e. The first-order valence-corrected chi connectivity index (χ1v) is 7.65. The van der Waals surface area contributed by atoms with Gasteiger partial charge >= 0.3 is 0 Å². The predicted molar refractivity (Wildman–Crippen MR) is 83.3 cm³/mol. The Labute approximate surface area is 127 Å². The van der Waals surface area contributed by atoms with Crippen LogP contribution >= 0.6 is 11.6 Å². The molecule has 1 heterocycles. The van der Waals surface area contributed by atoms with Crippen LogP contribution in [0.3, 0.4) is 0 Å². The van der Waals surface area contributed by atoms with Crippen LogP contribution in [0, 0.1) is 0 Å². The van der Waals surface area contributed by atoms with Crippen molar-refractivity contribution in [2.24, 2.45) is 0 Å². The number of nitrogens with one attached hydrogen (secondary N) is 1. The van der Waals surface area contributed by atoms with Crippen molar-refractivity contribution < 1.29 is 4.74 Å². The molecule has 1 unspecified atom stereocenters. The highest BCUT2D eigenvalue weighted by Crippen LogP contribution is 2.25. The summed E-state index contributed by atoms with van der Waals surface area (Å²) in [4.78, 5) is 2.14. The van der Waals surface area contributed by atoms with Crippen LogP contribution in [0.2, 0.25) is 5.02 Å². The topological polar surface area (TPSA) is 42.3 Å². The number of halogens is 1. The van der Waals surface area contributed by atoms with E-state index in [1.54, 1.807) is 6.20 Å². The standard InChI is InChI=1S/C14H27ClN4O/c1-5-16-13(7-10-20-6-2)14-12(15)11-17-19(14)9-8-18(3)4/h11,13,16H,5-10H2,1-4H3. The maximum Gasteiger partial charge on any atom is 0.0834 e. The molecule has 1 aromatic heterocycles. The zero-order chi connectivity index (χ0) is 15.0. The largest absolute Gasteiger partial charge is 0.382 e. The molecule has 0 amide bonds. The molecular weight excluding hydrogens is 276 g/mol. The summed E-state index contributed by atoms with van der Waals surface area (Å²) in [5, 5.41) is 8.60. The van der Waals surface area contributed by atoms with Crippen molar-refractivity contribution in [2.75, 3.05) is 40.4 Å². The van der Waals surface area contributed by atoms with E-state index >= 15 is 0 Å². The minimum atomic E-state index is 0.184. The van der Waals surface area contributed by atoms with E-state index < -0.39 is 0 Å². The van der Waals surface area contributed by atoms with Crippen LogP contribution in [0.15, 0.2) is 6.20 Å². The monoisotopic (exact) mass is 302 g/mol. The van der Waals surface area contributed by atoms with E-state index in [9.17, 15) is 0 Å². The van der Waals surface area contributed by atoms with E-state index in [4.69, 9.17) is 16.3 Å². The van der Waals surface area contributed by atoms with Crippen molar-refractivity contribution in [3.05, 3.63) is 16.9 Å². The van der Waals surface area contributed by atoms with Gasteiger partial charge in [0.1, 0.15) is 0 Å². The molecule has 0 bridgehead atoms. The lowest BCUT2D eigenvalue weighted by Gasteiger charge is -2.21. The van der Waals surface area contributed by atoms with Gasteiger partial charge in [0.25, 0.3) is 0 Å². The van der Waals surface area contributed by atoms with Gasteiger partial charge in [-0.15, -0.1) is 0 Å². The SMILES string of the molecule is CCNC(CCOCC)c1c(Cl)cnn1CCN(C)C. The fraction of sp³-hybridized carbons (Fsp3) is 0.786. The highest BCUT2D eigenvalue weighted by Gasteiger charge is 2.19. The van der Waals surface area contributed by atoms with Gasteiger partial charge in [0, 0.05) is 19.8 Å². The summed E-state index contributed by atoms with van der Waals surface area (Å²) in [6, 6.07) is 0.184. The van der Waals surface area contributed by atoms with Crippen LogP contribution in [0.1, 0.15) is 32.0 Å². The Bertz CT molecular complexity index is 381. The first kappa shape index (κ1) is 17.4. The number of rotatable bonds is 10. The molecule has 20 heavy (non-hydrogen) atoms. The molecule has 6 heteroatoms. The lowest BCUT2D eigenvalue weighted by atomic mass is 10.1. The van der Waals surface area contributed by atoms with Gasteiger partial charge in [-0.25, -0.2) is 0 Å². The molecule has 1 N–H and O–H groups in total. The highest BCUT2D eigenvalue weighted by molar-refractivity contribution is 6.31. The maximum atomic E-state index is 6.33. The van der Waals surface area contributed by atoms with Gasteiger partial charge in [-0.3, -0.25) is 4.68 Å². The molecule has 0 aliphatic carbocycles. The molecule has 0 saturated carbocycles. The van der Waals surface area contributed by atoms with E-state index in [1.165, 1.54) is 0 Å². The number of hydrogen-bond acceptors (Lipinski definition) is 4. The summed E-state index contributed by atoms with van der Waals surface area (Å²) in [5.41, 5.74) is 1.06. The number of nitrogens with zero attached hydrogens (tertiary/aromatic N) is 3. The van der Waals surface area contributed by atoms with Gasteiger partial charge in [0.15, 0.2) is 0 Å². The van der Waals surface area contributed by atoms with Crippen LogP contribution in [-0.4, -0.2) is 55.1 Å². The van der Waals surface area contributed by atoms with E-state index in [1.807, 2.05) is 11.6 Å². The second kappa shape index (κ2) is 9.34. The Morgan fingerprint density at radius 2 is 2.20 bits per heavy atom. The molecule has 0 radical (unpaired) electrons. The highest BCUT2D eigenvalue weighted by atomic mass is 35.5. The fourth-order valence-electron chi connectivity index (χ4n) is 2.12. The van der Waals surface area contributed by atoms with Crippen molar-refractivity contribution in [1.29, 1.82) is 0 Å². The van der Waals surface area contributed by atoms with E-state index in [0.717, 1.165) is 50.0 Å². The minimum Gasteiger partial charge on any atom is -0.382 e. The molecule has 0 aromatic carbocycles. The van der Waals surface area contributed by atoms with Crippen LogP contribution in [0.25, 0.3) is 0 Å². The number of hydrogen-bond donors (Lipinski definition) is 1. The van der Waals surface area contributed by atoms with Crippen LogP contribution in [0.4, 0.5) is 0 Å². The van der Waals surface area contributed by atoms with Gasteiger partial charge < -0.3 is 15.0 Å². The van der Waals surface area contributed by atoms with Crippen LogP contribution < -0.4 is 5.32 Å². The third-order valence-corrected chi connectivity index (χ3v) is 3.42. The van der Waals surface area contributed by atoms with Crippen molar-refractivity contribution in [2.45, 2.75) is 32.9 Å². The summed E-state index contributed by atoms with van der Waals surface area (Å²) < 4.78 is 7.47. The molecule has 0 saturated heterocycles. The minimum absolute atomic E-state index is 0.184. The summed E-state index contributed by atoms with van der Waals surface area (Å²) in [6.07, 6.45) is 2.63. The Hall–Kier alpha value is -0.620. The second-order valence-corrected chi connectivity index (χ2v) is 5.41. The van der Waals surface area contributed by atoms with Gasteiger partial charge in [-0.1, -0.05) is 18.5 Å². The lowest BCUT2D eigenvalue weighted by molar-refractivity contribution is 0.135. The van der Waals surface area contributed by atoms with Gasteiger partial charge in [-0.2, -0.15) is 5.10 Å². The summed E-state index contributed by atoms with van der Waals surface area (Å²) >= 11 is 6.33. The first-order chi connectivity index (χ1) is 9.60. The van der Waals surface area contributed by atoms with E-state index in [-0.39, 0.29) is 6.04 Å². The van der Waals surface area contributed by atoms with Crippen molar-refractivity contribution in [3.8, 4) is 0 Å². The first-order valence-electron chi connectivity index (χ1n) is 7.27. The molecule has 0 aliphatic heterocycles. The third-order valence-electron chi connectivity index (χ3n) is 3.13. The van der Waals surface area contributed by atoms with Crippen molar-refractivity contribution in [3.63, 3.8) is 0 Å². The summed E-state index contributed by atoms with van der Waals surface area (Å²) in [7, 11) is 4.11. The number of likely N-dealkylation sites (N-methyl/N-ethyl adjacent to an activating group) is 1. The molecule has 1 rings (SSSR count). The normalized spacial score (nSPS) is 13.1. The molecular formula is C14H27ClN4O. The summed E-state index contributed by atoms with van der Waals surface area (Å²) in [5.74, 6) is 0. The maximum absolute atomic E-state index is 6.33. The Morgan fingerprint density at radius 1 is 1.45 bits per heavy atom. The predicted octanol–water partition coefficient (Wildman–Crippen LogP) is 2.18. The van der Waals surface area contributed by atoms with Gasteiger partial charge in [0.2, 0.25) is 0 Å². The van der Waals surface area contributed by atoms with Gasteiger partial charge in [0.05, 0.1) is 29.5 Å². The van der Waals surface area contributed by atoms with Crippen LogP contribution in [0.5, 0.6) is 0 Å². The second-order valence-electron chi connectivity index (χ2n) is 5.00.